The van der Waals surface area contributed by atoms with E-state index in [1.54, 1.807) is 17.4 Å². The van der Waals surface area contributed by atoms with Gasteiger partial charge in [-0.05, 0) is 48.2 Å². The number of rotatable bonds is 6. The first-order chi connectivity index (χ1) is 9.78. The van der Waals surface area contributed by atoms with Gasteiger partial charge in [0, 0.05) is 16.6 Å². The predicted octanol–water partition coefficient (Wildman–Crippen LogP) is 4.19. The maximum atomic E-state index is 11.7. The van der Waals surface area contributed by atoms with Crippen LogP contribution in [-0.2, 0) is 4.79 Å². The van der Waals surface area contributed by atoms with Gasteiger partial charge in [-0.1, -0.05) is 13.0 Å². The summed E-state index contributed by atoms with van der Waals surface area (Å²) in [5.74, 6) is 0.680. The summed E-state index contributed by atoms with van der Waals surface area (Å²) in [6, 6.07) is 11.3. The minimum Gasteiger partial charge on any atom is -0.494 e. The Hall–Kier alpha value is -2.07. The fourth-order valence-electron chi connectivity index (χ4n) is 1.58. The molecule has 0 atom stereocenters. The summed E-state index contributed by atoms with van der Waals surface area (Å²) in [5.41, 5.74) is 0.759. The Morgan fingerprint density at radius 3 is 2.75 bits per heavy atom. The molecule has 2 rings (SSSR count). The monoisotopic (exact) mass is 287 g/mol. The third-order valence-corrected chi connectivity index (χ3v) is 3.37. The van der Waals surface area contributed by atoms with Crippen molar-refractivity contribution < 1.29 is 9.53 Å². The van der Waals surface area contributed by atoms with Crippen molar-refractivity contribution in [1.29, 1.82) is 0 Å². The van der Waals surface area contributed by atoms with Crippen molar-refractivity contribution in [3.63, 3.8) is 0 Å². The van der Waals surface area contributed by atoms with Gasteiger partial charge in [-0.25, -0.2) is 0 Å². The number of benzene rings is 1. The minimum atomic E-state index is -0.138. The molecule has 0 bridgehead atoms. The van der Waals surface area contributed by atoms with Crippen molar-refractivity contribution in [2.24, 2.45) is 0 Å². The highest BCUT2D eigenvalue weighted by Gasteiger charge is 1.99. The average molecular weight is 287 g/mol. The summed E-state index contributed by atoms with van der Waals surface area (Å²) >= 11 is 1.60. The van der Waals surface area contributed by atoms with E-state index < -0.39 is 0 Å². The van der Waals surface area contributed by atoms with Crippen molar-refractivity contribution in [1.82, 2.24) is 0 Å². The molecule has 4 heteroatoms. The van der Waals surface area contributed by atoms with Crippen LogP contribution in [0.15, 0.2) is 47.9 Å². The molecule has 1 aromatic carbocycles. The normalized spacial score (nSPS) is 10.7. The Bertz CT molecular complexity index is 559. The zero-order chi connectivity index (χ0) is 14.2. The fraction of sp³-hybridized carbons (Fsp3) is 0.188. The van der Waals surface area contributed by atoms with Crippen LogP contribution in [0.5, 0.6) is 5.75 Å². The van der Waals surface area contributed by atoms with E-state index in [9.17, 15) is 4.79 Å². The molecule has 20 heavy (non-hydrogen) atoms. The first-order valence-corrected chi connectivity index (χ1v) is 7.41. The van der Waals surface area contributed by atoms with E-state index in [2.05, 4.69) is 12.2 Å². The first-order valence-electron chi connectivity index (χ1n) is 6.53. The lowest BCUT2D eigenvalue weighted by molar-refractivity contribution is -0.111. The van der Waals surface area contributed by atoms with Crippen LogP contribution in [0.1, 0.15) is 18.2 Å². The van der Waals surface area contributed by atoms with E-state index in [0.29, 0.717) is 6.61 Å². The van der Waals surface area contributed by atoms with Gasteiger partial charge in [0.2, 0.25) is 5.91 Å². The van der Waals surface area contributed by atoms with Gasteiger partial charge in [0.25, 0.3) is 0 Å². The Labute approximate surface area is 122 Å². The van der Waals surface area contributed by atoms with E-state index in [-0.39, 0.29) is 5.91 Å². The van der Waals surface area contributed by atoms with E-state index in [0.717, 1.165) is 22.7 Å². The third kappa shape index (κ3) is 4.55. The molecular weight excluding hydrogens is 270 g/mol. The molecule has 0 radical (unpaired) electrons. The number of carbonyl (C=O) groups excluding carboxylic acids is 1. The van der Waals surface area contributed by atoms with Crippen molar-refractivity contribution in [2.45, 2.75) is 13.3 Å². The molecule has 0 aliphatic rings. The van der Waals surface area contributed by atoms with Crippen LogP contribution in [0, 0.1) is 0 Å². The maximum Gasteiger partial charge on any atom is 0.248 e. The number of carbonyl (C=O) groups is 1. The highest BCUT2D eigenvalue weighted by molar-refractivity contribution is 7.10. The van der Waals surface area contributed by atoms with Crippen LogP contribution in [0.4, 0.5) is 5.69 Å². The standard InChI is InChI=1S/C16H17NO2S/c1-2-11-19-14-7-5-13(6-8-14)17-16(18)10-9-15-4-3-12-20-15/h3-10,12H,2,11H2,1H3,(H,17,18)/b10-9+. The largest absolute Gasteiger partial charge is 0.494 e. The second-order valence-electron chi connectivity index (χ2n) is 4.21. The molecule has 2 aromatic rings. The number of anilines is 1. The Kier molecular flexibility index (Phi) is 5.38. The fourth-order valence-corrected chi connectivity index (χ4v) is 2.20. The van der Waals surface area contributed by atoms with Crippen molar-refractivity contribution in [3.05, 3.63) is 52.7 Å². The van der Waals surface area contributed by atoms with Crippen LogP contribution < -0.4 is 10.1 Å². The van der Waals surface area contributed by atoms with Crippen LogP contribution in [0.3, 0.4) is 0 Å². The average Bonchev–Trinajstić information content (AvgIpc) is 2.98. The zero-order valence-corrected chi connectivity index (χ0v) is 12.2. The molecule has 0 spiro atoms. The number of ether oxygens (including phenoxy) is 1. The molecule has 1 aromatic heterocycles. The Morgan fingerprint density at radius 1 is 1.30 bits per heavy atom. The minimum absolute atomic E-state index is 0.138. The molecule has 0 aliphatic heterocycles. The molecule has 1 heterocycles. The van der Waals surface area contributed by atoms with E-state index in [1.807, 2.05) is 41.8 Å². The zero-order valence-electron chi connectivity index (χ0n) is 11.3. The van der Waals surface area contributed by atoms with Crippen LogP contribution in [0.25, 0.3) is 6.08 Å². The first kappa shape index (κ1) is 14.3. The second-order valence-corrected chi connectivity index (χ2v) is 5.19. The van der Waals surface area contributed by atoms with E-state index in [4.69, 9.17) is 4.74 Å². The van der Waals surface area contributed by atoms with Gasteiger partial charge in [-0.2, -0.15) is 0 Å². The highest BCUT2D eigenvalue weighted by atomic mass is 32.1. The third-order valence-electron chi connectivity index (χ3n) is 2.54. The Morgan fingerprint density at radius 2 is 2.10 bits per heavy atom. The summed E-state index contributed by atoms with van der Waals surface area (Å²) in [6.45, 7) is 2.77. The van der Waals surface area contributed by atoms with Gasteiger partial charge in [-0.3, -0.25) is 4.79 Å². The summed E-state index contributed by atoms with van der Waals surface area (Å²) < 4.78 is 5.49. The topological polar surface area (TPSA) is 38.3 Å². The predicted molar refractivity (Wildman–Crippen MR) is 84.2 cm³/mol. The molecule has 0 saturated heterocycles. The molecule has 0 unspecified atom stereocenters. The number of hydrogen-bond acceptors (Lipinski definition) is 3. The maximum absolute atomic E-state index is 11.7. The highest BCUT2D eigenvalue weighted by Crippen LogP contribution is 2.16. The smallest absolute Gasteiger partial charge is 0.248 e. The molecule has 104 valence electrons. The molecule has 0 aliphatic carbocycles. The summed E-state index contributed by atoms with van der Waals surface area (Å²) in [5, 5.41) is 4.79. The van der Waals surface area contributed by atoms with Crippen LogP contribution in [-0.4, -0.2) is 12.5 Å². The number of nitrogens with one attached hydrogen (secondary N) is 1. The van der Waals surface area contributed by atoms with Gasteiger partial charge in [-0.15, -0.1) is 11.3 Å². The lowest BCUT2D eigenvalue weighted by Crippen LogP contribution is -2.07. The Balaban J connectivity index is 1.87. The molecule has 1 amide bonds. The second kappa shape index (κ2) is 7.50. The van der Waals surface area contributed by atoms with Gasteiger partial charge in [0.15, 0.2) is 0 Å². The summed E-state index contributed by atoms with van der Waals surface area (Å²) in [6.07, 6.45) is 4.32. The van der Waals surface area contributed by atoms with E-state index in [1.165, 1.54) is 6.08 Å². The van der Waals surface area contributed by atoms with Crippen LogP contribution in [0.2, 0.25) is 0 Å². The lowest BCUT2D eigenvalue weighted by atomic mass is 10.3. The van der Waals surface area contributed by atoms with E-state index >= 15 is 0 Å². The molecule has 0 fully saturated rings. The number of thiophene rings is 1. The van der Waals surface area contributed by atoms with Gasteiger partial charge in [0.05, 0.1) is 6.61 Å². The van der Waals surface area contributed by atoms with Crippen molar-refractivity contribution in [3.8, 4) is 5.75 Å². The number of amides is 1. The quantitative estimate of drug-likeness (QED) is 0.809. The molecular formula is C16H17NO2S. The van der Waals surface area contributed by atoms with Gasteiger partial charge in [0.1, 0.15) is 5.75 Å². The summed E-state index contributed by atoms with van der Waals surface area (Å²) in [4.78, 5) is 12.8. The molecule has 3 nitrogen and oxygen atoms in total. The molecule has 0 saturated carbocycles. The summed E-state index contributed by atoms with van der Waals surface area (Å²) in [7, 11) is 0. The van der Waals surface area contributed by atoms with Crippen molar-refractivity contribution >= 4 is 29.0 Å². The van der Waals surface area contributed by atoms with Gasteiger partial charge >= 0.3 is 0 Å². The number of hydrogen-bond donors (Lipinski definition) is 1. The van der Waals surface area contributed by atoms with Crippen molar-refractivity contribution in [2.75, 3.05) is 11.9 Å². The van der Waals surface area contributed by atoms with Gasteiger partial charge < -0.3 is 10.1 Å². The SMILES string of the molecule is CCCOc1ccc(NC(=O)/C=C/c2cccs2)cc1. The lowest BCUT2D eigenvalue weighted by Gasteiger charge is -2.06. The van der Waals surface area contributed by atoms with Crippen LogP contribution >= 0.6 is 11.3 Å². The molecule has 1 N–H and O–H groups in total.